The van der Waals surface area contributed by atoms with Gasteiger partial charge < -0.3 is 10.6 Å². The Morgan fingerprint density at radius 2 is 1.80 bits per heavy atom. The summed E-state index contributed by atoms with van der Waals surface area (Å²) in [6, 6.07) is 0. The zero-order valence-electron chi connectivity index (χ0n) is 14.7. The van der Waals surface area contributed by atoms with Gasteiger partial charge in [0.2, 0.25) is 0 Å². The molecule has 0 saturated carbocycles. The van der Waals surface area contributed by atoms with Gasteiger partial charge in [-0.05, 0) is 81.5 Å². The minimum absolute atomic E-state index is 0.403. The van der Waals surface area contributed by atoms with Gasteiger partial charge in [0.1, 0.15) is 0 Å². The number of nitrogens with zero attached hydrogens (tertiary/aromatic N) is 1. The van der Waals surface area contributed by atoms with Crippen LogP contribution in [0.25, 0.3) is 0 Å². The molecule has 0 bridgehead atoms. The van der Waals surface area contributed by atoms with Gasteiger partial charge in [-0.3, -0.25) is 0 Å². The van der Waals surface area contributed by atoms with E-state index in [0.29, 0.717) is 10.8 Å². The summed E-state index contributed by atoms with van der Waals surface area (Å²) in [5, 5.41) is 0. The lowest BCUT2D eigenvalue weighted by Crippen LogP contribution is -2.29. The number of hydrogen-bond donors (Lipinski definition) is 1. The predicted molar refractivity (Wildman–Crippen MR) is 89.9 cm³/mol. The second-order valence-corrected chi connectivity index (χ2v) is 8.64. The minimum Gasteiger partial charge on any atom is -0.330 e. The van der Waals surface area contributed by atoms with E-state index in [1.807, 2.05) is 0 Å². The molecule has 0 aliphatic carbocycles. The molecule has 1 aliphatic heterocycles. The first kappa shape index (κ1) is 18.0. The van der Waals surface area contributed by atoms with Gasteiger partial charge in [-0.15, -0.1) is 0 Å². The molecule has 2 nitrogen and oxygen atoms in total. The Balaban J connectivity index is 2.32. The summed E-state index contributed by atoms with van der Waals surface area (Å²) < 4.78 is 0. The van der Waals surface area contributed by atoms with E-state index in [2.05, 4.69) is 39.5 Å². The molecule has 1 fully saturated rings. The van der Waals surface area contributed by atoms with Crippen LogP contribution >= 0.6 is 0 Å². The zero-order chi connectivity index (χ0) is 15.2. The van der Waals surface area contributed by atoms with Crippen molar-refractivity contribution in [2.24, 2.45) is 22.5 Å². The Morgan fingerprint density at radius 3 is 2.40 bits per heavy atom. The van der Waals surface area contributed by atoms with Crippen LogP contribution < -0.4 is 5.73 Å². The monoisotopic (exact) mass is 282 g/mol. The minimum atomic E-state index is 0.403. The molecule has 1 unspecified atom stereocenters. The summed E-state index contributed by atoms with van der Waals surface area (Å²) in [4.78, 5) is 2.69. The number of likely N-dealkylation sites (tertiary alicyclic amines) is 1. The number of hydrogen-bond acceptors (Lipinski definition) is 2. The highest BCUT2D eigenvalue weighted by atomic mass is 15.1. The molecule has 0 spiro atoms. The van der Waals surface area contributed by atoms with Gasteiger partial charge in [0, 0.05) is 0 Å². The Hall–Kier alpha value is -0.0800. The largest absolute Gasteiger partial charge is 0.330 e. The van der Waals surface area contributed by atoms with E-state index >= 15 is 0 Å². The third kappa shape index (κ3) is 6.58. The zero-order valence-corrected chi connectivity index (χ0v) is 14.7. The normalized spacial score (nSPS) is 22.5. The van der Waals surface area contributed by atoms with Crippen LogP contribution in [0.4, 0.5) is 0 Å². The van der Waals surface area contributed by atoms with Gasteiger partial charge in [-0.1, -0.05) is 34.6 Å². The average Bonchev–Trinajstić information content (AvgIpc) is 2.48. The van der Waals surface area contributed by atoms with Crippen LogP contribution in [0.1, 0.15) is 73.1 Å². The van der Waals surface area contributed by atoms with E-state index in [0.717, 1.165) is 12.5 Å². The Kier molecular flexibility index (Phi) is 7.00. The van der Waals surface area contributed by atoms with Gasteiger partial charge in [-0.2, -0.15) is 0 Å². The number of rotatable bonds is 6. The van der Waals surface area contributed by atoms with Crippen molar-refractivity contribution in [3.05, 3.63) is 0 Å². The van der Waals surface area contributed by atoms with Crippen molar-refractivity contribution >= 4 is 0 Å². The third-order valence-electron chi connectivity index (χ3n) is 5.20. The first-order chi connectivity index (χ1) is 9.24. The maximum atomic E-state index is 5.78. The SMILES string of the molecule is CC1(C)CCCN(CCCC(CCN)C(C)(C)C)CC1. The van der Waals surface area contributed by atoms with Crippen LogP contribution in [-0.2, 0) is 0 Å². The molecule has 0 aromatic carbocycles. The fourth-order valence-electron chi connectivity index (χ4n) is 3.48. The molecule has 0 aromatic rings. The summed E-state index contributed by atoms with van der Waals surface area (Å²) in [6.07, 6.45) is 7.97. The highest BCUT2D eigenvalue weighted by Gasteiger charge is 2.25. The van der Waals surface area contributed by atoms with Crippen molar-refractivity contribution in [3.8, 4) is 0 Å². The highest BCUT2D eigenvalue weighted by molar-refractivity contribution is 4.78. The first-order valence-electron chi connectivity index (χ1n) is 8.67. The van der Waals surface area contributed by atoms with E-state index < -0.39 is 0 Å². The third-order valence-corrected chi connectivity index (χ3v) is 5.20. The maximum absolute atomic E-state index is 5.78. The van der Waals surface area contributed by atoms with Gasteiger partial charge in [0.15, 0.2) is 0 Å². The van der Waals surface area contributed by atoms with Gasteiger partial charge in [-0.25, -0.2) is 0 Å². The number of nitrogens with two attached hydrogens (primary N) is 1. The molecule has 120 valence electrons. The molecule has 0 radical (unpaired) electrons. The quantitative estimate of drug-likeness (QED) is 0.787. The molecule has 1 rings (SSSR count). The van der Waals surface area contributed by atoms with Crippen LogP contribution in [0.15, 0.2) is 0 Å². The molecular formula is C18H38N2. The molecule has 1 heterocycles. The van der Waals surface area contributed by atoms with Crippen LogP contribution in [-0.4, -0.2) is 31.1 Å². The average molecular weight is 283 g/mol. The summed E-state index contributed by atoms with van der Waals surface area (Å²) in [6.45, 7) is 16.7. The van der Waals surface area contributed by atoms with E-state index in [1.54, 1.807) is 0 Å². The van der Waals surface area contributed by atoms with Gasteiger partial charge in [0.25, 0.3) is 0 Å². The van der Waals surface area contributed by atoms with Crippen molar-refractivity contribution in [2.45, 2.75) is 73.1 Å². The molecule has 2 heteroatoms. The molecule has 20 heavy (non-hydrogen) atoms. The van der Waals surface area contributed by atoms with E-state index in [4.69, 9.17) is 5.73 Å². The lowest BCUT2D eigenvalue weighted by atomic mass is 9.76. The van der Waals surface area contributed by atoms with Crippen molar-refractivity contribution in [2.75, 3.05) is 26.2 Å². The Morgan fingerprint density at radius 1 is 1.10 bits per heavy atom. The molecule has 1 aliphatic rings. The molecule has 2 N–H and O–H groups in total. The Bertz CT molecular complexity index is 265. The van der Waals surface area contributed by atoms with E-state index in [1.165, 1.54) is 58.2 Å². The van der Waals surface area contributed by atoms with Crippen molar-refractivity contribution in [1.82, 2.24) is 4.90 Å². The second kappa shape index (κ2) is 7.79. The van der Waals surface area contributed by atoms with Gasteiger partial charge in [0.05, 0.1) is 0 Å². The fourth-order valence-corrected chi connectivity index (χ4v) is 3.48. The molecule has 1 saturated heterocycles. The summed E-state index contributed by atoms with van der Waals surface area (Å²) >= 11 is 0. The summed E-state index contributed by atoms with van der Waals surface area (Å²) in [5.74, 6) is 0.774. The van der Waals surface area contributed by atoms with Crippen LogP contribution in [0.5, 0.6) is 0 Å². The molecule has 1 atom stereocenters. The van der Waals surface area contributed by atoms with Crippen molar-refractivity contribution in [3.63, 3.8) is 0 Å². The van der Waals surface area contributed by atoms with E-state index in [9.17, 15) is 0 Å². The lowest BCUT2D eigenvalue weighted by molar-refractivity contribution is 0.193. The Labute approximate surface area is 127 Å². The van der Waals surface area contributed by atoms with Crippen molar-refractivity contribution in [1.29, 1.82) is 0 Å². The first-order valence-corrected chi connectivity index (χ1v) is 8.67. The van der Waals surface area contributed by atoms with Crippen LogP contribution in [0.2, 0.25) is 0 Å². The standard InChI is InChI=1S/C18H38N2/c1-17(2,3)16(9-12-19)8-6-13-20-14-7-10-18(4,5)11-15-20/h16H,6-15,19H2,1-5H3. The molecular weight excluding hydrogens is 244 g/mol. The van der Waals surface area contributed by atoms with Gasteiger partial charge >= 0.3 is 0 Å². The molecule has 0 aromatic heterocycles. The van der Waals surface area contributed by atoms with Crippen LogP contribution in [0.3, 0.4) is 0 Å². The topological polar surface area (TPSA) is 29.3 Å². The highest BCUT2D eigenvalue weighted by Crippen LogP contribution is 2.33. The predicted octanol–water partition coefficient (Wildman–Crippen LogP) is 4.29. The van der Waals surface area contributed by atoms with E-state index in [-0.39, 0.29) is 0 Å². The van der Waals surface area contributed by atoms with Crippen LogP contribution in [0, 0.1) is 16.7 Å². The second-order valence-electron chi connectivity index (χ2n) is 8.64. The molecule has 0 amide bonds. The smallest absolute Gasteiger partial charge is 0.00136 e. The lowest BCUT2D eigenvalue weighted by Gasteiger charge is -2.31. The summed E-state index contributed by atoms with van der Waals surface area (Å²) in [7, 11) is 0. The summed E-state index contributed by atoms with van der Waals surface area (Å²) in [5.41, 5.74) is 6.74. The van der Waals surface area contributed by atoms with Crippen molar-refractivity contribution < 1.29 is 0 Å². The maximum Gasteiger partial charge on any atom is -0.00136 e. The fraction of sp³-hybridized carbons (Fsp3) is 1.00.